The number of guanidine groups is 1. The van der Waals surface area contributed by atoms with Crippen molar-refractivity contribution in [2.75, 3.05) is 19.8 Å². The molecule has 24 heavy (non-hydrogen) atoms. The fourth-order valence-corrected chi connectivity index (χ4v) is 4.16. The van der Waals surface area contributed by atoms with Crippen molar-refractivity contribution in [1.82, 2.24) is 10.6 Å². The van der Waals surface area contributed by atoms with Gasteiger partial charge in [0.2, 0.25) is 0 Å². The molecule has 2 atom stereocenters. The van der Waals surface area contributed by atoms with Crippen LogP contribution in [0.2, 0.25) is 0 Å². The molecule has 2 rings (SSSR count). The summed E-state index contributed by atoms with van der Waals surface area (Å²) >= 11 is 1.96. The Balaban J connectivity index is 0.00000288. The van der Waals surface area contributed by atoms with Crippen LogP contribution < -0.4 is 10.6 Å². The number of thioether (sulfide) groups is 1. The van der Waals surface area contributed by atoms with E-state index in [1.54, 1.807) is 7.05 Å². The van der Waals surface area contributed by atoms with Crippen LogP contribution in [-0.4, -0.2) is 49.2 Å². The zero-order valence-electron chi connectivity index (χ0n) is 14.9. The van der Waals surface area contributed by atoms with E-state index in [1.807, 2.05) is 11.8 Å². The average Bonchev–Trinajstić information content (AvgIpc) is 3.21. The fraction of sp³-hybridized carbons (Fsp3) is 0.882. The molecule has 0 aromatic rings. The number of esters is 1. The Morgan fingerprint density at radius 3 is 2.62 bits per heavy atom. The molecule has 5 nitrogen and oxygen atoms in total. The minimum absolute atomic E-state index is 0. The summed E-state index contributed by atoms with van der Waals surface area (Å²) in [5, 5.41) is 7.56. The third-order valence-electron chi connectivity index (χ3n) is 4.73. The van der Waals surface area contributed by atoms with Gasteiger partial charge in [-0.2, -0.15) is 11.8 Å². The van der Waals surface area contributed by atoms with Crippen molar-refractivity contribution >= 4 is 47.7 Å². The standard InChI is InChI=1S/C17H31N3O2S.HI/c1-18-17(20-13-9-10-15(12-13)23-2)19-11-5-8-16(21)22-14-6-3-4-7-14;/h13-15H,3-12H2,1-2H3,(H2,18,19,20);1H. The first-order chi connectivity index (χ1) is 11.2. The zero-order chi connectivity index (χ0) is 16.5. The summed E-state index contributed by atoms with van der Waals surface area (Å²) in [6.45, 7) is 0.748. The van der Waals surface area contributed by atoms with Crippen LogP contribution in [0.15, 0.2) is 4.99 Å². The summed E-state index contributed by atoms with van der Waals surface area (Å²) < 4.78 is 5.46. The van der Waals surface area contributed by atoms with Gasteiger partial charge in [-0.05, 0) is 57.6 Å². The summed E-state index contributed by atoms with van der Waals surface area (Å²) in [7, 11) is 1.80. The van der Waals surface area contributed by atoms with Crippen molar-refractivity contribution in [3.05, 3.63) is 0 Å². The molecule has 2 fully saturated rings. The third kappa shape index (κ3) is 7.80. The van der Waals surface area contributed by atoms with Crippen molar-refractivity contribution in [1.29, 1.82) is 0 Å². The molecular weight excluding hydrogens is 437 g/mol. The molecule has 0 aliphatic heterocycles. The van der Waals surface area contributed by atoms with Gasteiger partial charge in [0, 0.05) is 31.3 Å². The minimum Gasteiger partial charge on any atom is -0.462 e. The number of rotatable bonds is 7. The molecule has 2 aliphatic carbocycles. The maximum Gasteiger partial charge on any atom is 0.306 e. The maximum atomic E-state index is 11.8. The van der Waals surface area contributed by atoms with Gasteiger partial charge in [0.1, 0.15) is 6.10 Å². The average molecular weight is 469 g/mol. The van der Waals surface area contributed by atoms with Gasteiger partial charge in [-0.3, -0.25) is 9.79 Å². The van der Waals surface area contributed by atoms with Crippen LogP contribution in [0.1, 0.15) is 57.8 Å². The Labute approximate surface area is 167 Å². The highest BCUT2D eigenvalue weighted by atomic mass is 127. The number of aliphatic imine (C=N–C) groups is 1. The molecule has 0 spiro atoms. The van der Waals surface area contributed by atoms with Crippen molar-refractivity contribution in [3.8, 4) is 0 Å². The summed E-state index contributed by atoms with van der Waals surface area (Å²) in [5.74, 6) is 0.793. The van der Waals surface area contributed by atoms with Crippen molar-refractivity contribution in [2.24, 2.45) is 4.99 Å². The number of hydrogen-bond donors (Lipinski definition) is 2. The molecule has 0 aromatic heterocycles. The third-order valence-corrected chi connectivity index (χ3v) is 5.83. The summed E-state index contributed by atoms with van der Waals surface area (Å²) in [6, 6.07) is 0.519. The second-order valence-corrected chi connectivity index (χ2v) is 7.65. The van der Waals surface area contributed by atoms with Gasteiger partial charge in [-0.25, -0.2) is 0 Å². The predicted molar refractivity (Wildman–Crippen MR) is 112 cm³/mol. The van der Waals surface area contributed by atoms with Gasteiger partial charge in [0.25, 0.3) is 0 Å². The highest BCUT2D eigenvalue weighted by molar-refractivity contribution is 14.0. The van der Waals surface area contributed by atoms with E-state index in [-0.39, 0.29) is 36.0 Å². The summed E-state index contributed by atoms with van der Waals surface area (Å²) in [4.78, 5) is 16.0. The Morgan fingerprint density at radius 1 is 1.25 bits per heavy atom. The predicted octanol–water partition coefficient (Wildman–Crippen LogP) is 3.32. The lowest BCUT2D eigenvalue weighted by Crippen LogP contribution is -2.43. The molecule has 140 valence electrons. The second kappa shape index (κ2) is 12.2. The highest BCUT2D eigenvalue weighted by Crippen LogP contribution is 2.28. The smallest absolute Gasteiger partial charge is 0.306 e. The van der Waals surface area contributed by atoms with E-state index in [0.29, 0.717) is 12.5 Å². The van der Waals surface area contributed by atoms with Gasteiger partial charge in [0.05, 0.1) is 0 Å². The number of ether oxygens (including phenoxy) is 1. The number of nitrogens with one attached hydrogen (secondary N) is 2. The lowest BCUT2D eigenvalue weighted by molar-refractivity contribution is -0.148. The summed E-state index contributed by atoms with van der Waals surface area (Å²) in [6.07, 6.45) is 11.8. The quantitative estimate of drug-likeness (QED) is 0.197. The summed E-state index contributed by atoms with van der Waals surface area (Å²) in [5.41, 5.74) is 0. The Morgan fingerprint density at radius 2 is 2.00 bits per heavy atom. The first-order valence-electron chi connectivity index (χ1n) is 8.90. The first-order valence-corrected chi connectivity index (χ1v) is 10.2. The molecule has 0 bridgehead atoms. The topological polar surface area (TPSA) is 62.7 Å². The molecule has 0 aromatic carbocycles. The Bertz CT molecular complexity index is 403. The van der Waals surface area contributed by atoms with E-state index in [2.05, 4.69) is 21.9 Å². The van der Waals surface area contributed by atoms with E-state index in [0.717, 1.165) is 37.0 Å². The fourth-order valence-electron chi connectivity index (χ4n) is 3.36. The first kappa shape index (κ1) is 21.9. The van der Waals surface area contributed by atoms with Gasteiger partial charge in [-0.1, -0.05) is 0 Å². The van der Waals surface area contributed by atoms with Gasteiger partial charge < -0.3 is 15.4 Å². The highest BCUT2D eigenvalue weighted by Gasteiger charge is 2.24. The Hall–Kier alpha value is -0.180. The number of carbonyl (C=O) groups excluding carboxylic acids is 1. The monoisotopic (exact) mass is 469 g/mol. The SMILES string of the molecule is CN=C(NCCCC(=O)OC1CCCC1)NC1CCC(SC)C1.I. The lowest BCUT2D eigenvalue weighted by atomic mass is 10.2. The van der Waals surface area contributed by atoms with Crippen LogP contribution >= 0.6 is 35.7 Å². The van der Waals surface area contributed by atoms with E-state index < -0.39 is 0 Å². The van der Waals surface area contributed by atoms with Crippen LogP contribution in [0, 0.1) is 0 Å². The van der Waals surface area contributed by atoms with E-state index in [9.17, 15) is 4.79 Å². The molecule has 0 saturated heterocycles. The molecule has 0 heterocycles. The van der Waals surface area contributed by atoms with Crippen LogP contribution in [0.3, 0.4) is 0 Å². The van der Waals surface area contributed by atoms with Crippen LogP contribution in [0.25, 0.3) is 0 Å². The molecule has 7 heteroatoms. The largest absolute Gasteiger partial charge is 0.462 e. The van der Waals surface area contributed by atoms with Crippen molar-refractivity contribution in [2.45, 2.75) is 75.2 Å². The Kier molecular flexibility index (Phi) is 11.1. The van der Waals surface area contributed by atoms with Crippen LogP contribution in [-0.2, 0) is 9.53 Å². The van der Waals surface area contributed by atoms with Crippen molar-refractivity contribution in [3.63, 3.8) is 0 Å². The van der Waals surface area contributed by atoms with E-state index >= 15 is 0 Å². The number of hydrogen-bond acceptors (Lipinski definition) is 4. The van der Waals surface area contributed by atoms with Gasteiger partial charge in [0.15, 0.2) is 5.96 Å². The van der Waals surface area contributed by atoms with E-state index in [4.69, 9.17) is 4.74 Å². The van der Waals surface area contributed by atoms with Crippen LogP contribution in [0.4, 0.5) is 0 Å². The van der Waals surface area contributed by atoms with E-state index in [1.165, 1.54) is 32.1 Å². The van der Waals surface area contributed by atoms with Crippen LogP contribution in [0.5, 0.6) is 0 Å². The maximum absolute atomic E-state index is 11.8. The lowest BCUT2D eigenvalue weighted by Gasteiger charge is -2.17. The molecule has 2 N–H and O–H groups in total. The zero-order valence-corrected chi connectivity index (χ0v) is 18.0. The minimum atomic E-state index is -0.0553. The van der Waals surface area contributed by atoms with Gasteiger partial charge in [-0.15, -0.1) is 24.0 Å². The molecule has 2 aliphatic rings. The second-order valence-electron chi connectivity index (χ2n) is 6.51. The number of carbonyl (C=O) groups is 1. The van der Waals surface area contributed by atoms with Crippen molar-refractivity contribution < 1.29 is 9.53 Å². The number of nitrogens with zero attached hydrogens (tertiary/aromatic N) is 1. The van der Waals surface area contributed by atoms with Gasteiger partial charge >= 0.3 is 5.97 Å². The number of halogens is 1. The molecule has 2 saturated carbocycles. The molecular formula is C17H32IN3O2S. The molecule has 0 radical (unpaired) electrons. The molecule has 0 amide bonds. The normalized spacial score (nSPS) is 24.5. The molecule has 2 unspecified atom stereocenters.